The van der Waals surface area contributed by atoms with Gasteiger partial charge in [-0.25, -0.2) is 0 Å². The van der Waals surface area contributed by atoms with Crippen LogP contribution in [-0.2, 0) is 14.3 Å². The number of carbonyl (C=O) groups is 2. The average molecular weight is 418 g/mol. The van der Waals surface area contributed by atoms with Gasteiger partial charge in [-0.3, -0.25) is 9.59 Å². The third-order valence-corrected chi connectivity index (χ3v) is 3.95. The van der Waals surface area contributed by atoms with E-state index in [1.165, 1.54) is 26.4 Å². The van der Waals surface area contributed by atoms with Crippen LogP contribution in [0.2, 0.25) is 0 Å². The van der Waals surface area contributed by atoms with Gasteiger partial charge in [0.1, 0.15) is 6.61 Å². The van der Waals surface area contributed by atoms with Crippen molar-refractivity contribution >= 4 is 17.6 Å². The quantitative estimate of drug-likeness (QED) is 0.374. The lowest BCUT2D eigenvalue weighted by Gasteiger charge is -2.12. The third-order valence-electron chi connectivity index (χ3n) is 3.95. The first-order valence-electron chi connectivity index (χ1n) is 9.23. The molecule has 0 aliphatic heterocycles. The van der Waals surface area contributed by atoms with E-state index < -0.39 is 5.91 Å². The predicted molar refractivity (Wildman–Crippen MR) is 110 cm³/mol. The van der Waals surface area contributed by atoms with E-state index >= 15 is 0 Å². The van der Waals surface area contributed by atoms with E-state index in [1.54, 1.807) is 12.1 Å². The summed E-state index contributed by atoms with van der Waals surface area (Å²) in [5, 5.41) is 15.6. The van der Waals surface area contributed by atoms with Gasteiger partial charge in [0.2, 0.25) is 0 Å². The fourth-order valence-electron chi connectivity index (χ4n) is 2.45. The van der Waals surface area contributed by atoms with Gasteiger partial charge in [-0.15, -0.1) is 0 Å². The smallest absolute Gasteiger partial charge is 0.319 e. The summed E-state index contributed by atoms with van der Waals surface area (Å²) < 4.78 is 20.7. The number of methoxy groups -OCH3 is 2. The molecule has 2 aromatic rings. The van der Waals surface area contributed by atoms with Gasteiger partial charge >= 0.3 is 5.97 Å². The number of esters is 1. The van der Waals surface area contributed by atoms with Gasteiger partial charge in [0.05, 0.1) is 20.8 Å². The molecule has 0 radical (unpaired) electrons. The van der Waals surface area contributed by atoms with Crippen LogP contribution in [0, 0.1) is 6.92 Å². The molecule has 0 saturated carbocycles. The number of hydrogen-bond donors (Lipinski definition) is 3. The third kappa shape index (κ3) is 7.17. The molecule has 2 aromatic carbocycles. The van der Waals surface area contributed by atoms with Crippen molar-refractivity contribution in [2.45, 2.75) is 6.92 Å². The second-order valence-electron chi connectivity index (χ2n) is 6.28. The van der Waals surface area contributed by atoms with Crippen LogP contribution in [0.1, 0.15) is 5.56 Å². The van der Waals surface area contributed by atoms with Gasteiger partial charge in [-0.05, 0) is 36.8 Å². The molecule has 9 nitrogen and oxygen atoms in total. The number of nitrogens with one attached hydrogen (secondary N) is 2. The number of phenols is 1. The zero-order valence-corrected chi connectivity index (χ0v) is 17.2. The first kappa shape index (κ1) is 22.8. The SMILES string of the molecule is COC(=O)CNCCOc1ccc(NC(=O)COc2ccc(C)cc2OC)cc1O. The molecule has 30 heavy (non-hydrogen) atoms. The molecule has 0 bridgehead atoms. The number of rotatable bonds is 11. The summed E-state index contributed by atoms with van der Waals surface area (Å²) in [6.45, 7) is 2.42. The number of anilines is 1. The van der Waals surface area contributed by atoms with Crippen LogP contribution in [0.5, 0.6) is 23.0 Å². The van der Waals surface area contributed by atoms with E-state index in [0.29, 0.717) is 23.7 Å². The summed E-state index contributed by atoms with van der Waals surface area (Å²) in [7, 11) is 2.84. The Morgan fingerprint density at radius 3 is 2.47 bits per heavy atom. The Balaban J connectivity index is 1.80. The van der Waals surface area contributed by atoms with Crippen molar-refractivity contribution in [3.05, 3.63) is 42.0 Å². The predicted octanol–water partition coefficient (Wildman–Crippen LogP) is 1.87. The summed E-state index contributed by atoms with van der Waals surface area (Å²) in [5.41, 5.74) is 1.41. The molecule has 0 spiro atoms. The standard InChI is InChI=1S/C21H26N2O7/c1-14-4-6-18(19(10-14)27-2)30-13-20(25)23-15-5-7-17(16(24)11-15)29-9-8-22-12-21(26)28-3/h4-7,10-11,22,24H,8-9,12-13H2,1-3H3,(H,23,25). The lowest BCUT2D eigenvalue weighted by molar-refractivity contribution is -0.139. The van der Waals surface area contributed by atoms with E-state index in [0.717, 1.165) is 5.56 Å². The number of amides is 1. The number of ether oxygens (including phenoxy) is 4. The highest BCUT2D eigenvalue weighted by molar-refractivity contribution is 5.92. The fourth-order valence-corrected chi connectivity index (χ4v) is 2.45. The summed E-state index contributed by atoms with van der Waals surface area (Å²) in [6, 6.07) is 9.92. The molecule has 162 valence electrons. The zero-order chi connectivity index (χ0) is 21.9. The minimum atomic E-state index is -0.391. The second-order valence-corrected chi connectivity index (χ2v) is 6.28. The first-order valence-corrected chi connectivity index (χ1v) is 9.23. The molecular formula is C21H26N2O7. The fraction of sp³-hybridized carbons (Fsp3) is 0.333. The van der Waals surface area contributed by atoms with Gasteiger partial charge in [0.25, 0.3) is 5.91 Å². The van der Waals surface area contributed by atoms with Gasteiger partial charge < -0.3 is 34.7 Å². The molecule has 3 N–H and O–H groups in total. The molecule has 0 aliphatic rings. The van der Waals surface area contributed by atoms with Crippen molar-refractivity contribution in [2.24, 2.45) is 0 Å². The molecule has 9 heteroatoms. The molecule has 0 aliphatic carbocycles. The molecule has 0 fully saturated rings. The summed E-state index contributed by atoms with van der Waals surface area (Å²) >= 11 is 0. The van der Waals surface area contributed by atoms with Crippen molar-refractivity contribution < 1.29 is 33.6 Å². The number of aryl methyl sites for hydroxylation is 1. The van der Waals surface area contributed by atoms with Crippen molar-refractivity contribution in [2.75, 3.05) is 45.8 Å². The molecule has 0 heterocycles. The number of hydrogen-bond acceptors (Lipinski definition) is 8. The van der Waals surface area contributed by atoms with E-state index in [2.05, 4.69) is 15.4 Å². The van der Waals surface area contributed by atoms with E-state index in [4.69, 9.17) is 14.2 Å². The molecule has 0 atom stereocenters. The Labute approximate surface area is 174 Å². The van der Waals surface area contributed by atoms with Crippen LogP contribution in [0.4, 0.5) is 5.69 Å². The maximum Gasteiger partial charge on any atom is 0.319 e. The van der Waals surface area contributed by atoms with Crippen molar-refractivity contribution in [1.29, 1.82) is 0 Å². The van der Waals surface area contributed by atoms with Crippen LogP contribution >= 0.6 is 0 Å². The van der Waals surface area contributed by atoms with Crippen molar-refractivity contribution in [3.8, 4) is 23.0 Å². The Hall–Kier alpha value is -3.46. The lowest BCUT2D eigenvalue weighted by Crippen LogP contribution is -2.27. The van der Waals surface area contributed by atoms with Crippen LogP contribution in [0.15, 0.2) is 36.4 Å². The normalized spacial score (nSPS) is 10.2. The molecule has 0 saturated heterocycles. The largest absolute Gasteiger partial charge is 0.504 e. The number of phenolic OH excluding ortho intramolecular Hbond substituents is 1. The van der Waals surface area contributed by atoms with E-state index in [9.17, 15) is 14.7 Å². The van der Waals surface area contributed by atoms with Crippen molar-refractivity contribution in [3.63, 3.8) is 0 Å². The molecular weight excluding hydrogens is 392 g/mol. The lowest BCUT2D eigenvalue weighted by atomic mass is 10.2. The number of aromatic hydroxyl groups is 1. The van der Waals surface area contributed by atoms with Crippen LogP contribution in [-0.4, -0.2) is 57.5 Å². The molecule has 0 aromatic heterocycles. The molecule has 0 unspecified atom stereocenters. The Morgan fingerprint density at radius 2 is 1.77 bits per heavy atom. The average Bonchev–Trinajstić information content (AvgIpc) is 2.73. The summed E-state index contributed by atoms with van der Waals surface area (Å²) in [6.07, 6.45) is 0. The molecule has 2 rings (SSSR count). The Kier molecular flexibility index (Phi) is 8.76. The topological polar surface area (TPSA) is 115 Å². The highest BCUT2D eigenvalue weighted by Crippen LogP contribution is 2.29. The van der Waals surface area contributed by atoms with Crippen LogP contribution < -0.4 is 24.8 Å². The van der Waals surface area contributed by atoms with Crippen molar-refractivity contribution in [1.82, 2.24) is 5.32 Å². The highest BCUT2D eigenvalue weighted by atomic mass is 16.5. The monoisotopic (exact) mass is 418 g/mol. The van der Waals surface area contributed by atoms with Gasteiger partial charge in [-0.2, -0.15) is 0 Å². The Bertz CT molecular complexity index is 870. The summed E-state index contributed by atoms with van der Waals surface area (Å²) in [5.74, 6) is 0.379. The molecule has 1 amide bonds. The highest BCUT2D eigenvalue weighted by Gasteiger charge is 2.10. The van der Waals surface area contributed by atoms with Gasteiger partial charge in [-0.1, -0.05) is 6.07 Å². The maximum absolute atomic E-state index is 12.1. The zero-order valence-electron chi connectivity index (χ0n) is 17.2. The second kappa shape index (κ2) is 11.5. The maximum atomic E-state index is 12.1. The van der Waals surface area contributed by atoms with Crippen LogP contribution in [0.3, 0.4) is 0 Å². The Morgan fingerprint density at radius 1 is 1.00 bits per heavy atom. The van der Waals surface area contributed by atoms with Crippen LogP contribution in [0.25, 0.3) is 0 Å². The number of carbonyl (C=O) groups excluding carboxylic acids is 2. The van der Waals surface area contributed by atoms with Gasteiger partial charge in [0.15, 0.2) is 29.6 Å². The number of benzene rings is 2. The van der Waals surface area contributed by atoms with Gasteiger partial charge in [0, 0.05) is 18.3 Å². The summed E-state index contributed by atoms with van der Waals surface area (Å²) in [4.78, 5) is 23.1. The minimum Gasteiger partial charge on any atom is -0.504 e. The van der Waals surface area contributed by atoms with E-state index in [1.807, 2.05) is 19.1 Å². The first-order chi connectivity index (χ1) is 14.4. The van der Waals surface area contributed by atoms with E-state index in [-0.39, 0.29) is 37.2 Å². The minimum absolute atomic E-state index is 0.0767.